The van der Waals surface area contributed by atoms with Crippen molar-refractivity contribution in [3.05, 3.63) is 18.2 Å². The average molecular weight is 251 g/mol. The lowest BCUT2D eigenvalue weighted by Gasteiger charge is -2.06. The van der Waals surface area contributed by atoms with Crippen LogP contribution in [0.25, 0.3) is 10.2 Å². The SMILES string of the molecule is COc1ccc2nc(NC(C)C(N)=O)sc2c1. The van der Waals surface area contributed by atoms with Crippen LogP contribution in [0.1, 0.15) is 6.92 Å². The van der Waals surface area contributed by atoms with Gasteiger partial charge in [0.1, 0.15) is 11.8 Å². The van der Waals surface area contributed by atoms with Crippen molar-refractivity contribution >= 4 is 32.6 Å². The Morgan fingerprint density at radius 1 is 1.59 bits per heavy atom. The summed E-state index contributed by atoms with van der Waals surface area (Å²) in [5, 5.41) is 3.64. The number of nitrogens with two attached hydrogens (primary N) is 1. The van der Waals surface area contributed by atoms with Crippen LogP contribution in [0.2, 0.25) is 0 Å². The summed E-state index contributed by atoms with van der Waals surface area (Å²) in [6.07, 6.45) is 0. The Hall–Kier alpha value is -1.82. The molecular formula is C11H13N3O2S. The number of fused-ring (bicyclic) bond motifs is 1. The Bertz CT molecular complexity index is 553. The Balaban J connectivity index is 2.28. The number of rotatable bonds is 4. The zero-order chi connectivity index (χ0) is 12.4. The molecule has 0 fully saturated rings. The normalized spacial score (nSPS) is 12.4. The molecule has 3 N–H and O–H groups in total. The van der Waals surface area contributed by atoms with Gasteiger partial charge in [0, 0.05) is 0 Å². The molecule has 2 aromatic rings. The van der Waals surface area contributed by atoms with Crippen molar-refractivity contribution in [2.24, 2.45) is 5.73 Å². The number of methoxy groups -OCH3 is 1. The van der Waals surface area contributed by atoms with Gasteiger partial charge in [-0.2, -0.15) is 0 Å². The van der Waals surface area contributed by atoms with Crippen LogP contribution in [-0.2, 0) is 4.79 Å². The van der Waals surface area contributed by atoms with Gasteiger partial charge < -0.3 is 15.8 Å². The summed E-state index contributed by atoms with van der Waals surface area (Å²) in [4.78, 5) is 15.3. The number of benzene rings is 1. The zero-order valence-corrected chi connectivity index (χ0v) is 10.4. The summed E-state index contributed by atoms with van der Waals surface area (Å²) in [6.45, 7) is 1.70. The molecule has 0 bridgehead atoms. The second kappa shape index (κ2) is 4.58. The van der Waals surface area contributed by atoms with Crippen molar-refractivity contribution in [1.82, 2.24) is 4.98 Å². The van der Waals surface area contributed by atoms with Crippen LogP contribution >= 0.6 is 11.3 Å². The predicted molar refractivity (Wildman–Crippen MR) is 68.5 cm³/mol. The van der Waals surface area contributed by atoms with Crippen molar-refractivity contribution in [1.29, 1.82) is 0 Å². The molecule has 2 rings (SSSR count). The maximum atomic E-state index is 10.9. The summed E-state index contributed by atoms with van der Waals surface area (Å²) in [6, 6.07) is 5.21. The van der Waals surface area contributed by atoms with Crippen LogP contribution in [0.3, 0.4) is 0 Å². The van der Waals surface area contributed by atoms with Crippen LogP contribution in [0.15, 0.2) is 18.2 Å². The fraction of sp³-hybridized carbons (Fsp3) is 0.273. The van der Waals surface area contributed by atoms with Crippen molar-refractivity contribution in [2.75, 3.05) is 12.4 Å². The average Bonchev–Trinajstić information content (AvgIpc) is 2.69. The summed E-state index contributed by atoms with van der Waals surface area (Å²) in [7, 11) is 1.62. The molecule has 0 aliphatic carbocycles. The smallest absolute Gasteiger partial charge is 0.239 e. The molecule has 1 unspecified atom stereocenters. The Labute approximate surface area is 103 Å². The van der Waals surface area contributed by atoms with Crippen molar-refractivity contribution in [3.8, 4) is 5.75 Å². The Kier molecular flexibility index (Phi) is 3.14. The minimum Gasteiger partial charge on any atom is -0.497 e. The van der Waals surface area contributed by atoms with Gasteiger partial charge >= 0.3 is 0 Å². The van der Waals surface area contributed by atoms with Gasteiger partial charge in [-0.05, 0) is 25.1 Å². The van der Waals surface area contributed by atoms with E-state index in [1.165, 1.54) is 11.3 Å². The number of carbonyl (C=O) groups is 1. The quantitative estimate of drug-likeness (QED) is 0.865. The fourth-order valence-corrected chi connectivity index (χ4v) is 2.33. The highest BCUT2D eigenvalue weighted by Crippen LogP contribution is 2.29. The molecule has 0 radical (unpaired) electrons. The highest BCUT2D eigenvalue weighted by atomic mass is 32.1. The van der Waals surface area contributed by atoms with Crippen LogP contribution in [0.4, 0.5) is 5.13 Å². The van der Waals surface area contributed by atoms with Crippen molar-refractivity contribution in [3.63, 3.8) is 0 Å². The number of nitrogens with one attached hydrogen (secondary N) is 1. The van der Waals surface area contributed by atoms with E-state index in [4.69, 9.17) is 10.5 Å². The van der Waals surface area contributed by atoms with E-state index in [-0.39, 0.29) is 0 Å². The van der Waals surface area contributed by atoms with Gasteiger partial charge in [-0.25, -0.2) is 4.98 Å². The van der Waals surface area contributed by atoms with E-state index in [9.17, 15) is 4.79 Å². The molecule has 6 heteroatoms. The molecule has 0 saturated carbocycles. The van der Waals surface area contributed by atoms with E-state index in [0.717, 1.165) is 16.0 Å². The van der Waals surface area contributed by atoms with Crippen LogP contribution < -0.4 is 15.8 Å². The number of hydrogen-bond donors (Lipinski definition) is 2. The molecule has 0 aliphatic heterocycles. The first-order valence-electron chi connectivity index (χ1n) is 5.10. The fourth-order valence-electron chi connectivity index (χ4n) is 1.35. The number of primary amides is 1. The van der Waals surface area contributed by atoms with E-state index in [1.54, 1.807) is 14.0 Å². The molecule has 1 atom stereocenters. The van der Waals surface area contributed by atoms with Gasteiger partial charge in [-0.3, -0.25) is 4.79 Å². The molecule has 5 nitrogen and oxygen atoms in total. The molecular weight excluding hydrogens is 238 g/mol. The summed E-state index contributed by atoms with van der Waals surface area (Å²) in [5.74, 6) is 0.387. The van der Waals surface area contributed by atoms with Gasteiger partial charge in [0.05, 0.1) is 17.3 Å². The topological polar surface area (TPSA) is 77.2 Å². The second-order valence-electron chi connectivity index (χ2n) is 3.62. The molecule has 90 valence electrons. The van der Waals surface area contributed by atoms with Crippen molar-refractivity contribution < 1.29 is 9.53 Å². The van der Waals surface area contributed by atoms with E-state index >= 15 is 0 Å². The molecule has 1 aromatic carbocycles. The monoisotopic (exact) mass is 251 g/mol. The number of thiazole rings is 1. The first-order chi connectivity index (χ1) is 8.10. The summed E-state index contributed by atoms with van der Waals surface area (Å²) < 4.78 is 6.14. The molecule has 0 aliphatic rings. The molecule has 1 amide bonds. The first kappa shape index (κ1) is 11.7. The van der Waals surface area contributed by atoms with Crippen molar-refractivity contribution in [2.45, 2.75) is 13.0 Å². The zero-order valence-electron chi connectivity index (χ0n) is 9.56. The third kappa shape index (κ3) is 2.47. The first-order valence-corrected chi connectivity index (χ1v) is 5.92. The third-order valence-electron chi connectivity index (χ3n) is 2.36. The van der Waals surface area contributed by atoms with E-state index in [0.29, 0.717) is 5.13 Å². The summed E-state index contributed by atoms with van der Waals surface area (Å²) in [5.41, 5.74) is 6.05. The number of amides is 1. The lowest BCUT2D eigenvalue weighted by atomic mass is 10.3. The van der Waals surface area contributed by atoms with Crippen LogP contribution in [0, 0.1) is 0 Å². The number of nitrogens with zero attached hydrogens (tertiary/aromatic N) is 1. The van der Waals surface area contributed by atoms with Crippen LogP contribution in [0.5, 0.6) is 5.75 Å². The van der Waals surface area contributed by atoms with Gasteiger partial charge in [0.15, 0.2) is 5.13 Å². The number of hydrogen-bond acceptors (Lipinski definition) is 5. The second-order valence-corrected chi connectivity index (χ2v) is 4.65. The maximum Gasteiger partial charge on any atom is 0.239 e. The lowest BCUT2D eigenvalue weighted by molar-refractivity contribution is -0.118. The predicted octanol–water partition coefficient (Wildman–Crippen LogP) is 1.59. The largest absolute Gasteiger partial charge is 0.497 e. The highest BCUT2D eigenvalue weighted by molar-refractivity contribution is 7.22. The minimum absolute atomic E-state index is 0.401. The summed E-state index contributed by atoms with van der Waals surface area (Å²) >= 11 is 1.46. The maximum absolute atomic E-state index is 10.9. The van der Waals surface area contributed by atoms with E-state index in [1.807, 2.05) is 18.2 Å². The van der Waals surface area contributed by atoms with Gasteiger partial charge in [-0.15, -0.1) is 0 Å². The molecule has 0 saturated heterocycles. The molecule has 0 spiro atoms. The number of aromatic nitrogens is 1. The minimum atomic E-state index is -0.433. The Morgan fingerprint density at radius 2 is 2.35 bits per heavy atom. The number of ether oxygens (including phenoxy) is 1. The molecule has 1 heterocycles. The van der Waals surface area contributed by atoms with E-state index < -0.39 is 11.9 Å². The number of carbonyl (C=O) groups excluding carboxylic acids is 1. The van der Waals surface area contributed by atoms with Crippen LogP contribution in [-0.4, -0.2) is 24.0 Å². The van der Waals surface area contributed by atoms with Gasteiger partial charge in [0.25, 0.3) is 0 Å². The standard InChI is InChI=1S/C11H13N3O2S/c1-6(10(12)15)13-11-14-8-4-3-7(16-2)5-9(8)17-11/h3-6H,1-2H3,(H2,12,15)(H,13,14). The van der Waals surface area contributed by atoms with E-state index in [2.05, 4.69) is 10.3 Å². The third-order valence-corrected chi connectivity index (χ3v) is 3.31. The van der Waals surface area contributed by atoms with Gasteiger partial charge in [0.2, 0.25) is 5.91 Å². The highest BCUT2D eigenvalue weighted by Gasteiger charge is 2.11. The molecule has 1 aromatic heterocycles. The lowest BCUT2D eigenvalue weighted by Crippen LogP contribution is -2.32. The number of anilines is 1. The van der Waals surface area contributed by atoms with Gasteiger partial charge in [-0.1, -0.05) is 11.3 Å². The Morgan fingerprint density at radius 3 is 3.00 bits per heavy atom. The molecule has 17 heavy (non-hydrogen) atoms.